The summed E-state index contributed by atoms with van der Waals surface area (Å²) >= 11 is 0. The third-order valence-electron chi connectivity index (χ3n) is 10.1. The van der Waals surface area contributed by atoms with Crippen molar-refractivity contribution >= 4 is 5.78 Å². The Kier molecular flexibility index (Phi) is 6.77. The van der Waals surface area contributed by atoms with Gasteiger partial charge in [-0.25, -0.2) is 4.39 Å². The average molecular weight is 405 g/mol. The minimum Gasteiger partial charge on any atom is -0.298 e. The maximum Gasteiger partial charge on any atom is 0.151 e. The third kappa shape index (κ3) is 3.84. The highest BCUT2D eigenvalue weighted by Gasteiger charge is 2.71. The van der Waals surface area contributed by atoms with Gasteiger partial charge in [-0.15, -0.1) is 0 Å². The zero-order valence-corrected chi connectivity index (χ0v) is 19.2. The number of carbonyl (C=O) groups is 1. The normalized spacial score (nSPS) is 45.5. The van der Waals surface area contributed by atoms with Crippen LogP contribution < -0.4 is 0 Å². The van der Waals surface area contributed by atoms with Gasteiger partial charge in [-0.1, -0.05) is 58.8 Å². The topological polar surface area (TPSA) is 17.1 Å². The molecule has 0 amide bonds. The van der Waals surface area contributed by atoms with Crippen molar-refractivity contribution in [2.75, 3.05) is 0 Å². The summed E-state index contributed by atoms with van der Waals surface area (Å²) in [6, 6.07) is 0. The van der Waals surface area contributed by atoms with Crippen molar-refractivity contribution in [3.63, 3.8) is 0 Å². The predicted octanol–water partition coefficient (Wildman–Crippen LogP) is 8.06. The fourth-order valence-electron chi connectivity index (χ4n) is 8.00. The van der Waals surface area contributed by atoms with E-state index in [9.17, 15) is 4.79 Å². The van der Waals surface area contributed by atoms with Crippen molar-refractivity contribution in [1.29, 1.82) is 0 Å². The molecule has 0 unspecified atom stereocenters. The van der Waals surface area contributed by atoms with E-state index in [2.05, 4.69) is 13.8 Å². The molecule has 0 N–H and O–H groups in total. The number of hydrogen-bond donors (Lipinski definition) is 0. The SMILES string of the molecule is CCCCCC1CCC(C2CC[C@]3(CC2)C(=O)[C@@]2(CCC(CC)CC2)[C@H]3F)CC1. The minimum absolute atomic E-state index is 0.352. The number of rotatable bonds is 6. The molecule has 2 heteroatoms. The molecule has 0 aliphatic heterocycles. The first kappa shape index (κ1) is 21.8. The summed E-state index contributed by atoms with van der Waals surface area (Å²) in [6.07, 6.45) is 19.3. The predicted molar refractivity (Wildman–Crippen MR) is 119 cm³/mol. The second-order valence-corrected chi connectivity index (χ2v) is 11.5. The Hall–Kier alpha value is -0.400. The molecule has 2 spiro atoms. The van der Waals surface area contributed by atoms with Crippen LogP contribution in [0.4, 0.5) is 4.39 Å². The van der Waals surface area contributed by atoms with Gasteiger partial charge in [0, 0.05) is 0 Å². The highest BCUT2D eigenvalue weighted by Crippen LogP contribution is 2.66. The van der Waals surface area contributed by atoms with Gasteiger partial charge in [0.2, 0.25) is 0 Å². The Labute approximate surface area is 179 Å². The molecule has 4 fully saturated rings. The van der Waals surface area contributed by atoms with E-state index in [0.29, 0.717) is 5.78 Å². The van der Waals surface area contributed by atoms with Crippen LogP contribution in [0, 0.1) is 34.5 Å². The Morgan fingerprint density at radius 3 is 1.83 bits per heavy atom. The van der Waals surface area contributed by atoms with Crippen molar-refractivity contribution in [3.8, 4) is 0 Å². The van der Waals surface area contributed by atoms with Crippen LogP contribution in [-0.4, -0.2) is 12.0 Å². The van der Waals surface area contributed by atoms with Gasteiger partial charge in [-0.3, -0.25) is 4.79 Å². The van der Waals surface area contributed by atoms with E-state index in [1.165, 1.54) is 57.8 Å². The van der Waals surface area contributed by atoms with Crippen molar-refractivity contribution in [1.82, 2.24) is 0 Å². The zero-order valence-electron chi connectivity index (χ0n) is 19.2. The number of unbranched alkanes of at least 4 members (excludes halogenated alkanes) is 2. The molecule has 29 heavy (non-hydrogen) atoms. The lowest BCUT2D eigenvalue weighted by Gasteiger charge is -2.61. The van der Waals surface area contributed by atoms with Gasteiger partial charge < -0.3 is 0 Å². The summed E-state index contributed by atoms with van der Waals surface area (Å²) in [5, 5.41) is 0. The summed E-state index contributed by atoms with van der Waals surface area (Å²) in [5.74, 6) is 3.67. The van der Waals surface area contributed by atoms with Crippen LogP contribution in [-0.2, 0) is 4.79 Å². The number of halogens is 1. The molecule has 0 heterocycles. The largest absolute Gasteiger partial charge is 0.298 e. The fourth-order valence-corrected chi connectivity index (χ4v) is 8.00. The van der Waals surface area contributed by atoms with Gasteiger partial charge in [0.05, 0.1) is 10.8 Å². The Morgan fingerprint density at radius 2 is 1.31 bits per heavy atom. The van der Waals surface area contributed by atoms with E-state index in [1.54, 1.807) is 0 Å². The highest BCUT2D eigenvalue weighted by molar-refractivity contribution is 5.98. The summed E-state index contributed by atoms with van der Waals surface area (Å²) in [5.41, 5.74) is -1.12. The molecule has 1 atom stereocenters. The number of ketones is 1. The molecular formula is C27H45FO. The lowest BCUT2D eigenvalue weighted by molar-refractivity contribution is -0.194. The van der Waals surface area contributed by atoms with Crippen LogP contribution in [0.25, 0.3) is 0 Å². The van der Waals surface area contributed by atoms with Crippen molar-refractivity contribution < 1.29 is 9.18 Å². The maximum atomic E-state index is 15.6. The molecule has 4 rings (SSSR count). The Bertz CT molecular complexity index is 545. The van der Waals surface area contributed by atoms with Gasteiger partial charge in [-0.2, -0.15) is 0 Å². The molecule has 0 aromatic heterocycles. The van der Waals surface area contributed by atoms with Gasteiger partial charge in [-0.05, 0) is 87.9 Å². The van der Waals surface area contributed by atoms with Crippen LogP contribution >= 0.6 is 0 Å². The van der Waals surface area contributed by atoms with Crippen LogP contribution in [0.1, 0.15) is 123 Å². The third-order valence-corrected chi connectivity index (χ3v) is 10.1. The molecule has 166 valence electrons. The summed E-state index contributed by atoms with van der Waals surface area (Å²) in [7, 11) is 0. The Balaban J connectivity index is 1.26. The number of carbonyl (C=O) groups excluding carboxylic acids is 1. The average Bonchev–Trinajstić information content (AvgIpc) is 2.79. The molecule has 1 nitrogen and oxygen atoms in total. The second-order valence-electron chi connectivity index (χ2n) is 11.5. The van der Waals surface area contributed by atoms with Crippen LogP contribution in [0.3, 0.4) is 0 Å². The van der Waals surface area contributed by atoms with E-state index in [-0.39, 0.29) is 0 Å². The quantitative estimate of drug-likeness (QED) is 0.409. The fraction of sp³-hybridized carbons (Fsp3) is 0.963. The van der Waals surface area contributed by atoms with Crippen molar-refractivity contribution in [2.45, 2.75) is 129 Å². The van der Waals surface area contributed by atoms with Crippen LogP contribution in [0.2, 0.25) is 0 Å². The lowest BCUT2D eigenvalue weighted by Crippen LogP contribution is -2.69. The highest BCUT2D eigenvalue weighted by atomic mass is 19.1. The van der Waals surface area contributed by atoms with Gasteiger partial charge in [0.25, 0.3) is 0 Å². The standard InChI is InChI=1S/C27H45FO/c1-3-5-6-7-21-8-10-22(11-9-21)23-14-18-27(19-15-23)24(28)26(25(27)29)16-12-20(4-2)13-17-26/h20-24H,3-19H2,1-2H3/t20?,21?,22?,23?,24-,26-,27-/m1/s1. The van der Waals surface area contributed by atoms with Crippen LogP contribution in [0.5, 0.6) is 0 Å². The Morgan fingerprint density at radius 1 is 0.759 bits per heavy atom. The summed E-state index contributed by atoms with van der Waals surface area (Å²) < 4.78 is 15.6. The smallest absolute Gasteiger partial charge is 0.151 e. The first-order valence-corrected chi connectivity index (χ1v) is 13.2. The number of hydrogen-bond acceptors (Lipinski definition) is 1. The van der Waals surface area contributed by atoms with Gasteiger partial charge in [0.15, 0.2) is 5.78 Å². The van der Waals surface area contributed by atoms with Crippen molar-refractivity contribution in [3.05, 3.63) is 0 Å². The summed E-state index contributed by atoms with van der Waals surface area (Å²) in [4.78, 5) is 13.3. The second kappa shape index (κ2) is 8.99. The molecule has 0 aromatic carbocycles. The molecule has 0 bridgehead atoms. The molecule has 0 aromatic rings. The number of Topliss-reactive ketones (excluding diaryl/α,β-unsaturated/α-hetero) is 1. The zero-order chi connectivity index (χ0) is 20.5. The van der Waals surface area contributed by atoms with E-state index >= 15 is 4.39 Å². The van der Waals surface area contributed by atoms with E-state index in [0.717, 1.165) is 75.0 Å². The lowest BCUT2D eigenvalue weighted by atomic mass is 9.41. The summed E-state index contributed by atoms with van der Waals surface area (Å²) in [6.45, 7) is 4.53. The first-order chi connectivity index (χ1) is 14.1. The van der Waals surface area contributed by atoms with E-state index in [1.807, 2.05) is 0 Å². The number of alkyl halides is 1. The maximum absolute atomic E-state index is 15.6. The molecule has 4 aliphatic carbocycles. The minimum atomic E-state index is -0.837. The van der Waals surface area contributed by atoms with E-state index in [4.69, 9.17) is 0 Å². The molecule has 0 radical (unpaired) electrons. The molecular weight excluding hydrogens is 359 g/mol. The van der Waals surface area contributed by atoms with Gasteiger partial charge in [0.1, 0.15) is 6.17 Å². The van der Waals surface area contributed by atoms with Gasteiger partial charge >= 0.3 is 0 Å². The van der Waals surface area contributed by atoms with Crippen molar-refractivity contribution in [2.24, 2.45) is 34.5 Å². The van der Waals surface area contributed by atoms with Crippen LogP contribution in [0.15, 0.2) is 0 Å². The molecule has 4 aliphatic rings. The molecule has 4 saturated carbocycles. The monoisotopic (exact) mass is 404 g/mol. The van der Waals surface area contributed by atoms with E-state index < -0.39 is 17.0 Å². The molecule has 0 saturated heterocycles. The first-order valence-electron chi connectivity index (χ1n) is 13.2.